The molecule has 5 heteroatoms. The van der Waals surface area contributed by atoms with E-state index < -0.39 is 5.97 Å². The summed E-state index contributed by atoms with van der Waals surface area (Å²) >= 11 is 6.05. The first-order valence-corrected chi connectivity index (χ1v) is 6.62. The molecule has 0 aliphatic carbocycles. The van der Waals surface area contributed by atoms with Crippen molar-refractivity contribution in [3.63, 3.8) is 0 Å². The molecule has 0 bridgehead atoms. The Labute approximate surface area is 118 Å². The summed E-state index contributed by atoms with van der Waals surface area (Å²) < 4.78 is 0. The second-order valence-electron chi connectivity index (χ2n) is 4.32. The van der Waals surface area contributed by atoms with E-state index in [2.05, 4.69) is 0 Å². The van der Waals surface area contributed by atoms with E-state index in [1.807, 2.05) is 13.8 Å². The van der Waals surface area contributed by atoms with E-state index in [0.29, 0.717) is 17.1 Å². The number of carboxylic acids is 1. The molecule has 19 heavy (non-hydrogen) atoms. The molecule has 1 rings (SSSR count). The number of nitrogens with zero attached hydrogens (tertiary/aromatic N) is 1. The lowest BCUT2D eigenvalue weighted by atomic mass is 10.1. The van der Waals surface area contributed by atoms with Crippen molar-refractivity contribution in [2.45, 2.75) is 33.1 Å². The van der Waals surface area contributed by atoms with Gasteiger partial charge in [0, 0.05) is 23.7 Å². The number of carboxylic acid groups (broad SMARTS) is 1. The van der Waals surface area contributed by atoms with Crippen molar-refractivity contribution in [2.24, 2.45) is 0 Å². The van der Waals surface area contributed by atoms with E-state index in [-0.39, 0.29) is 18.9 Å². The van der Waals surface area contributed by atoms with E-state index in [4.69, 9.17) is 16.7 Å². The summed E-state index contributed by atoms with van der Waals surface area (Å²) in [6.07, 6.45) is 1.04. The molecule has 0 aromatic heterocycles. The highest BCUT2D eigenvalue weighted by Gasteiger charge is 2.18. The average Bonchev–Trinajstić information content (AvgIpc) is 2.34. The minimum absolute atomic E-state index is 0.0749. The minimum Gasteiger partial charge on any atom is -0.481 e. The molecule has 0 fully saturated rings. The molecule has 0 saturated carbocycles. The van der Waals surface area contributed by atoms with Gasteiger partial charge in [0.1, 0.15) is 0 Å². The van der Waals surface area contributed by atoms with Gasteiger partial charge >= 0.3 is 5.97 Å². The van der Waals surface area contributed by atoms with Crippen LogP contribution in [0, 0.1) is 6.92 Å². The zero-order chi connectivity index (χ0) is 14.4. The fourth-order valence-electron chi connectivity index (χ4n) is 1.82. The number of rotatable bonds is 6. The number of carbonyl (C=O) groups is 2. The molecule has 0 heterocycles. The molecular formula is C14H18ClNO3. The number of hydrogen-bond acceptors (Lipinski definition) is 2. The molecular weight excluding hydrogens is 266 g/mol. The lowest BCUT2D eigenvalue weighted by molar-refractivity contribution is -0.136. The first kappa shape index (κ1) is 15.5. The van der Waals surface area contributed by atoms with Crippen molar-refractivity contribution in [2.75, 3.05) is 11.4 Å². The highest BCUT2D eigenvalue weighted by Crippen LogP contribution is 2.27. The molecule has 0 aliphatic heterocycles. The number of benzene rings is 1. The molecule has 1 amide bonds. The van der Waals surface area contributed by atoms with Gasteiger partial charge in [-0.2, -0.15) is 0 Å². The van der Waals surface area contributed by atoms with Crippen LogP contribution in [0.1, 0.15) is 31.7 Å². The van der Waals surface area contributed by atoms with E-state index in [9.17, 15) is 9.59 Å². The van der Waals surface area contributed by atoms with Crippen LogP contribution in [0.4, 0.5) is 5.69 Å². The monoisotopic (exact) mass is 283 g/mol. The number of carbonyl (C=O) groups excluding carboxylic acids is 1. The van der Waals surface area contributed by atoms with Gasteiger partial charge in [0.25, 0.3) is 0 Å². The molecule has 0 atom stereocenters. The van der Waals surface area contributed by atoms with Gasteiger partial charge in [0.2, 0.25) is 5.91 Å². The van der Waals surface area contributed by atoms with Gasteiger partial charge in [-0.15, -0.1) is 0 Å². The van der Waals surface area contributed by atoms with E-state index >= 15 is 0 Å². The maximum Gasteiger partial charge on any atom is 0.305 e. The average molecular weight is 284 g/mol. The SMILES string of the molecule is CCCC(=O)N(CCC(=O)O)c1cccc(Cl)c1C. The predicted octanol–water partition coefficient (Wildman–Crippen LogP) is 3.26. The van der Waals surface area contributed by atoms with Crippen LogP contribution in [0.15, 0.2) is 18.2 Å². The third-order valence-corrected chi connectivity index (χ3v) is 3.25. The number of hydrogen-bond donors (Lipinski definition) is 1. The quantitative estimate of drug-likeness (QED) is 0.872. The highest BCUT2D eigenvalue weighted by molar-refractivity contribution is 6.31. The van der Waals surface area contributed by atoms with Crippen molar-refractivity contribution < 1.29 is 14.7 Å². The lowest BCUT2D eigenvalue weighted by Gasteiger charge is -2.24. The summed E-state index contributed by atoms with van der Waals surface area (Å²) in [6.45, 7) is 3.90. The Bertz CT molecular complexity index is 474. The van der Waals surface area contributed by atoms with Gasteiger partial charge in [0.05, 0.1) is 6.42 Å². The molecule has 4 nitrogen and oxygen atoms in total. The Kier molecular flexibility index (Phi) is 5.83. The number of anilines is 1. The van der Waals surface area contributed by atoms with Crippen molar-refractivity contribution in [1.82, 2.24) is 0 Å². The first-order chi connectivity index (χ1) is 8.97. The summed E-state index contributed by atoms with van der Waals surface area (Å²) in [7, 11) is 0. The normalized spacial score (nSPS) is 10.3. The lowest BCUT2D eigenvalue weighted by Crippen LogP contribution is -2.33. The number of amides is 1. The summed E-state index contributed by atoms with van der Waals surface area (Å²) in [5.74, 6) is -0.997. The van der Waals surface area contributed by atoms with Gasteiger partial charge < -0.3 is 10.0 Å². The van der Waals surface area contributed by atoms with Crippen molar-refractivity contribution in [3.05, 3.63) is 28.8 Å². The summed E-state index contributed by atoms with van der Waals surface area (Å²) in [5.41, 5.74) is 1.48. The topological polar surface area (TPSA) is 57.6 Å². The number of aliphatic carboxylic acids is 1. The maximum absolute atomic E-state index is 12.1. The highest BCUT2D eigenvalue weighted by atomic mass is 35.5. The fraction of sp³-hybridized carbons (Fsp3) is 0.429. The Hall–Kier alpha value is -1.55. The molecule has 0 radical (unpaired) electrons. The minimum atomic E-state index is -0.922. The van der Waals surface area contributed by atoms with Crippen molar-refractivity contribution in [3.8, 4) is 0 Å². The van der Waals surface area contributed by atoms with E-state index in [0.717, 1.165) is 12.0 Å². The Morgan fingerprint density at radius 3 is 2.58 bits per heavy atom. The van der Waals surface area contributed by atoms with Crippen molar-refractivity contribution >= 4 is 29.2 Å². The van der Waals surface area contributed by atoms with Crippen LogP contribution in [0.5, 0.6) is 0 Å². The largest absolute Gasteiger partial charge is 0.481 e. The third kappa shape index (κ3) is 4.24. The molecule has 0 saturated heterocycles. The van der Waals surface area contributed by atoms with Gasteiger partial charge in [-0.3, -0.25) is 9.59 Å². The number of halogens is 1. The van der Waals surface area contributed by atoms with Crippen LogP contribution >= 0.6 is 11.6 Å². The Balaban J connectivity index is 3.04. The molecule has 0 spiro atoms. The fourth-order valence-corrected chi connectivity index (χ4v) is 1.99. The standard InChI is InChI=1S/C14H18ClNO3/c1-3-5-13(17)16(9-8-14(18)19)12-7-4-6-11(15)10(12)2/h4,6-7H,3,5,8-9H2,1-2H3,(H,18,19). The molecule has 104 valence electrons. The van der Waals surface area contributed by atoms with E-state index in [1.54, 1.807) is 18.2 Å². The molecule has 0 aliphatic rings. The van der Waals surface area contributed by atoms with Gasteiger partial charge in [0.15, 0.2) is 0 Å². The zero-order valence-electron chi connectivity index (χ0n) is 11.1. The first-order valence-electron chi connectivity index (χ1n) is 6.24. The Morgan fingerprint density at radius 2 is 2.00 bits per heavy atom. The van der Waals surface area contributed by atoms with Gasteiger partial charge in [-0.1, -0.05) is 24.6 Å². The molecule has 1 aromatic rings. The second-order valence-corrected chi connectivity index (χ2v) is 4.73. The molecule has 0 unspecified atom stereocenters. The van der Waals surface area contributed by atoms with Crippen LogP contribution in [-0.4, -0.2) is 23.5 Å². The predicted molar refractivity (Wildman–Crippen MR) is 75.7 cm³/mol. The van der Waals surface area contributed by atoms with Crippen LogP contribution in [-0.2, 0) is 9.59 Å². The van der Waals surface area contributed by atoms with Crippen LogP contribution in [0.25, 0.3) is 0 Å². The van der Waals surface area contributed by atoms with Crippen LogP contribution in [0.2, 0.25) is 5.02 Å². The maximum atomic E-state index is 12.1. The molecule has 1 N–H and O–H groups in total. The second kappa shape index (κ2) is 7.14. The summed E-state index contributed by atoms with van der Waals surface area (Å²) in [5, 5.41) is 9.35. The van der Waals surface area contributed by atoms with Gasteiger partial charge in [-0.25, -0.2) is 0 Å². The zero-order valence-corrected chi connectivity index (χ0v) is 11.9. The van der Waals surface area contributed by atoms with E-state index in [1.165, 1.54) is 4.90 Å². The van der Waals surface area contributed by atoms with Crippen molar-refractivity contribution in [1.29, 1.82) is 0 Å². The third-order valence-electron chi connectivity index (χ3n) is 2.84. The smallest absolute Gasteiger partial charge is 0.305 e. The van der Waals surface area contributed by atoms with Crippen LogP contribution in [0.3, 0.4) is 0 Å². The summed E-state index contributed by atoms with van der Waals surface area (Å²) in [6, 6.07) is 5.30. The summed E-state index contributed by atoms with van der Waals surface area (Å²) in [4.78, 5) is 24.3. The molecule has 1 aromatic carbocycles. The van der Waals surface area contributed by atoms with Crippen LogP contribution < -0.4 is 4.90 Å². The Morgan fingerprint density at radius 1 is 1.32 bits per heavy atom. The van der Waals surface area contributed by atoms with Gasteiger partial charge in [-0.05, 0) is 31.0 Å².